The predicted molar refractivity (Wildman–Crippen MR) is 92.1 cm³/mol. The minimum atomic E-state index is 0.912. The van der Waals surface area contributed by atoms with Crippen molar-refractivity contribution in [3.63, 3.8) is 0 Å². The highest BCUT2D eigenvalue weighted by atomic mass is 15.3. The molecule has 1 heterocycles. The Morgan fingerprint density at radius 3 is 2.55 bits per heavy atom. The smallest absolute Gasteiger partial charge is 0.193 e. The molecular weight excluding hydrogens is 270 g/mol. The van der Waals surface area contributed by atoms with Crippen LogP contribution in [0.25, 0.3) is 0 Å². The number of aliphatic imine (C=N–C) groups is 1. The number of benzene rings is 2. The largest absolute Gasteiger partial charge is 0.356 e. The van der Waals surface area contributed by atoms with Crippen LogP contribution in [0.2, 0.25) is 0 Å². The summed E-state index contributed by atoms with van der Waals surface area (Å²) >= 11 is 0. The molecule has 0 aliphatic carbocycles. The van der Waals surface area contributed by atoms with E-state index < -0.39 is 0 Å². The maximum absolute atomic E-state index is 4.45. The van der Waals surface area contributed by atoms with Gasteiger partial charge in [0, 0.05) is 26.7 Å². The molecule has 0 fully saturated rings. The third kappa shape index (κ3) is 3.48. The molecule has 0 amide bonds. The lowest BCUT2D eigenvalue weighted by atomic mass is 10.0. The van der Waals surface area contributed by atoms with E-state index in [1.54, 1.807) is 0 Å². The Hall–Kier alpha value is -2.29. The van der Waals surface area contributed by atoms with E-state index in [1.165, 1.54) is 16.7 Å². The summed E-state index contributed by atoms with van der Waals surface area (Å²) in [4.78, 5) is 6.79. The molecule has 0 atom stereocenters. The number of rotatable bonds is 3. The normalized spacial score (nSPS) is 14.6. The van der Waals surface area contributed by atoms with Crippen molar-refractivity contribution < 1.29 is 0 Å². The van der Waals surface area contributed by atoms with Crippen LogP contribution >= 0.6 is 0 Å². The van der Waals surface area contributed by atoms with Crippen LogP contribution in [0.15, 0.2) is 59.6 Å². The van der Waals surface area contributed by atoms with Crippen LogP contribution in [-0.4, -0.2) is 31.0 Å². The number of nitrogens with one attached hydrogen (secondary N) is 1. The highest BCUT2D eigenvalue weighted by Crippen LogP contribution is 2.18. The number of hydrogen-bond donors (Lipinski definition) is 1. The van der Waals surface area contributed by atoms with Gasteiger partial charge in [0.25, 0.3) is 0 Å². The van der Waals surface area contributed by atoms with Gasteiger partial charge in [-0.1, -0.05) is 54.6 Å². The van der Waals surface area contributed by atoms with Gasteiger partial charge in [0.1, 0.15) is 0 Å². The summed E-state index contributed by atoms with van der Waals surface area (Å²) in [5, 5.41) is 3.49. The monoisotopic (exact) mass is 293 g/mol. The average molecular weight is 293 g/mol. The summed E-state index contributed by atoms with van der Waals surface area (Å²) in [6, 6.07) is 19.3. The second-order valence-corrected chi connectivity index (χ2v) is 5.65. The first-order valence-corrected chi connectivity index (χ1v) is 7.93. The molecular formula is C19H23N3. The van der Waals surface area contributed by atoms with Crippen LogP contribution in [-0.2, 0) is 19.4 Å². The van der Waals surface area contributed by atoms with Gasteiger partial charge < -0.3 is 10.2 Å². The molecule has 0 saturated carbocycles. The molecule has 114 valence electrons. The molecule has 22 heavy (non-hydrogen) atoms. The third-order valence-electron chi connectivity index (χ3n) is 4.18. The summed E-state index contributed by atoms with van der Waals surface area (Å²) in [5.41, 5.74) is 4.24. The Balaban J connectivity index is 1.57. The molecule has 3 nitrogen and oxygen atoms in total. The van der Waals surface area contributed by atoms with Gasteiger partial charge in [-0.15, -0.1) is 0 Å². The van der Waals surface area contributed by atoms with Gasteiger partial charge in [-0.2, -0.15) is 0 Å². The first-order chi connectivity index (χ1) is 10.9. The van der Waals surface area contributed by atoms with Gasteiger partial charge in [0.2, 0.25) is 0 Å². The second kappa shape index (κ2) is 7.12. The van der Waals surface area contributed by atoms with Crippen LogP contribution < -0.4 is 5.32 Å². The Bertz CT molecular complexity index is 634. The number of fused-ring (bicyclic) bond motifs is 1. The Morgan fingerprint density at radius 1 is 1.05 bits per heavy atom. The fourth-order valence-electron chi connectivity index (χ4n) is 2.97. The molecule has 2 aromatic rings. The highest BCUT2D eigenvalue weighted by Gasteiger charge is 2.18. The molecule has 3 rings (SSSR count). The highest BCUT2D eigenvalue weighted by molar-refractivity contribution is 5.80. The standard InChI is InChI=1S/C19H23N3/c1-20-19(21-13-11-16-7-3-2-4-8-16)22-14-12-17-9-5-6-10-18(17)15-22/h2-10H,11-15H2,1H3,(H,20,21). The molecule has 1 aliphatic rings. The molecule has 0 spiro atoms. The minimum absolute atomic E-state index is 0.912. The van der Waals surface area contributed by atoms with Crippen molar-refractivity contribution in [3.05, 3.63) is 71.3 Å². The zero-order valence-electron chi connectivity index (χ0n) is 13.1. The molecule has 0 aromatic heterocycles. The first-order valence-electron chi connectivity index (χ1n) is 7.93. The second-order valence-electron chi connectivity index (χ2n) is 5.65. The van der Waals surface area contributed by atoms with E-state index in [9.17, 15) is 0 Å². The predicted octanol–water partition coefficient (Wildman–Crippen LogP) is 2.86. The summed E-state index contributed by atoms with van der Waals surface area (Å²) in [6.45, 7) is 2.89. The van der Waals surface area contributed by atoms with Crippen LogP contribution in [0.5, 0.6) is 0 Å². The van der Waals surface area contributed by atoms with Crippen LogP contribution in [0, 0.1) is 0 Å². The van der Waals surface area contributed by atoms with Gasteiger partial charge in [-0.3, -0.25) is 4.99 Å². The zero-order valence-corrected chi connectivity index (χ0v) is 13.1. The number of nitrogens with zero attached hydrogens (tertiary/aromatic N) is 2. The maximum atomic E-state index is 4.45. The van der Waals surface area contributed by atoms with Crippen molar-refractivity contribution in [2.75, 3.05) is 20.1 Å². The van der Waals surface area contributed by atoms with Crippen molar-refractivity contribution in [2.24, 2.45) is 4.99 Å². The van der Waals surface area contributed by atoms with Gasteiger partial charge in [-0.25, -0.2) is 0 Å². The van der Waals surface area contributed by atoms with Gasteiger partial charge in [0.05, 0.1) is 0 Å². The van der Waals surface area contributed by atoms with E-state index in [4.69, 9.17) is 0 Å². The van der Waals surface area contributed by atoms with Crippen molar-refractivity contribution in [1.82, 2.24) is 10.2 Å². The van der Waals surface area contributed by atoms with Crippen LogP contribution in [0.3, 0.4) is 0 Å². The quantitative estimate of drug-likeness (QED) is 0.696. The van der Waals surface area contributed by atoms with Gasteiger partial charge >= 0.3 is 0 Å². The lowest BCUT2D eigenvalue weighted by Crippen LogP contribution is -2.44. The molecule has 0 bridgehead atoms. The molecule has 2 aromatic carbocycles. The van der Waals surface area contributed by atoms with E-state index in [2.05, 4.69) is 69.8 Å². The molecule has 1 N–H and O–H groups in total. The van der Waals surface area contributed by atoms with Crippen LogP contribution in [0.1, 0.15) is 16.7 Å². The summed E-state index contributed by atoms with van der Waals surface area (Å²) in [5.74, 6) is 1.01. The van der Waals surface area contributed by atoms with Crippen molar-refractivity contribution >= 4 is 5.96 Å². The molecule has 0 unspecified atom stereocenters. The molecule has 1 aliphatic heterocycles. The number of hydrogen-bond acceptors (Lipinski definition) is 1. The fraction of sp³-hybridized carbons (Fsp3) is 0.316. The lowest BCUT2D eigenvalue weighted by Gasteiger charge is -2.31. The maximum Gasteiger partial charge on any atom is 0.193 e. The van der Waals surface area contributed by atoms with E-state index in [1.807, 2.05) is 7.05 Å². The van der Waals surface area contributed by atoms with Crippen LogP contribution in [0.4, 0.5) is 0 Å². The van der Waals surface area contributed by atoms with Gasteiger partial charge in [0.15, 0.2) is 5.96 Å². The molecule has 3 heteroatoms. The summed E-state index contributed by atoms with van der Waals surface area (Å²) in [7, 11) is 1.87. The lowest BCUT2D eigenvalue weighted by molar-refractivity contribution is 0.379. The van der Waals surface area contributed by atoms with Crippen molar-refractivity contribution in [2.45, 2.75) is 19.4 Å². The zero-order chi connectivity index (χ0) is 15.2. The Kier molecular flexibility index (Phi) is 4.74. The van der Waals surface area contributed by atoms with E-state index in [-0.39, 0.29) is 0 Å². The fourth-order valence-corrected chi connectivity index (χ4v) is 2.97. The Morgan fingerprint density at radius 2 is 1.77 bits per heavy atom. The molecule has 0 radical (unpaired) electrons. The van der Waals surface area contributed by atoms with Gasteiger partial charge in [-0.05, 0) is 29.5 Å². The summed E-state index contributed by atoms with van der Waals surface area (Å²) < 4.78 is 0. The Labute approximate surface area is 132 Å². The first kappa shape index (κ1) is 14.6. The minimum Gasteiger partial charge on any atom is -0.356 e. The molecule has 0 saturated heterocycles. The van der Waals surface area contributed by atoms with Crippen molar-refractivity contribution in [1.29, 1.82) is 0 Å². The summed E-state index contributed by atoms with van der Waals surface area (Å²) in [6.07, 6.45) is 2.11. The average Bonchev–Trinajstić information content (AvgIpc) is 2.59. The van der Waals surface area contributed by atoms with Crippen molar-refractivity contribution in [3.8, 4) is 0 Å². The number of guanidine groups is 1. The third-order valence-corrected chi connectivity index (χ3v) is 4.18. The topological polar surface area (TPSA) is 27.6 Å². The SMILES string of the molecule is CN=C(NCCc1ccccc1)N1CCc2ccccc2C1. The van der Waals surface area contributed by atoms with E-state index in [0.29, 0.717) is 0 Å². The van der Waals surface area contributed by atoms with E-state index in [0.717, 1.165) is 38.4 Å². The van der Waals surface area contributed by atoms with E-state index >= 15 is 0 Å².